The molecule has 1 aliphatic heterocycles. The van der Waals surface area contributed by atoms with E-state index in [-0.39, 0.29) is 28.6 Å². The number of allylic oxidation sites excluding steroid dienone is 1. The molecule has 1 aromatic heterocycles. The molecule has 2 aromatic carbocycles. The summed E-state index contributed by atoms with van der Waals surface area (Å²) in [6.45, 7) is 0. The summed E-state index contributed by atoms with van der Waals surface area (Å²) in [5, 5.41) is 19.3. The lowest BCUT2D eigenvalue weighted by atomic mass is 10.1. The first-order valence-corrected chi connectivity index (χ1v) is 7.21. The summed E-state index contributed by atoms with van der Waals surface area (Å²) >= 11 is 0. The second-order valence-electron chi connectivity index (χ2n) is 5.31. The van der Waals surface area contributed by atoms with Gasteiger partial charge in [-0.2, -0.15) is 0 Å². The second-order valence-corrected chi connectivity index (χ2v) is 5.31. The Hall–Kier alpha value is -3.54. The van der Waals surface area contributed by atoms with Gasteiger partial charge in [-0.1, -0.05) is 12.1 Å². The lowest BCUT2D eigenvalue weighted by Gasteiger charge is -2.03. The Kier molecular flexibility index (Phi) is 3.09. The van der Waals surface area contributed by atoms with Crippen LogP contribution in [0, 0.1) is 0 Å². The molecule has 118 valence electrons. The fourth-order valence-corrected chi connectivity index (χ4v) is 2.53. The summed E-state index contributed by atoms with van der Waals surface area (Å²) in [5.41, 5.74) is 1.95. The number of benzene rings is 2. The summed E-state index contributed by atoms with van der Waals surface area (Å²) in [6.07, 6.45) is 6.82. The van der Waals surface area contributed by atoms with Gasteiger partial charge in [0.05, 0.1) is 11.9 Å². The van der Waals surface area contributed by atoms with Crippen molar-refractivity contribution in [2.75, 3.05) is 0 Å². The summed E-state index contributed by atoms with van der Waals surface area (Å²) in [5.74, 6) is -1.01. The zero-order chi connectivity index (χ0) is 16.7. The second kappa shape index (κ2) is 5.27. The van der Waals surface area contributed by atoms with Crippen LogP contribution in [0.15, 0.2) is 60.9 Å². The van der Waals surface area contributed by atoms with E-state index < -0.39 is 5.75 Å². The van der Waals surface area contributed by atoms with Crippen molar-refractivity contribution >= 4 is 11.9 Å². The number of nitrogens with zero attached hydrogens (tertiary/aromatic N) is 2. The van der Waals surface area contributed by atoms with Crippen LogP contribution in [0.5, 0.6) is 17.2 Å². The minimum Gasteiger partial charge on any atom is -0.504 e. The van der Waals surface area contributed by atoms with Gasteiger partial charge < -0.3 is 19.5 Å². The van der Waals surface area contributed by atoms with Crippen molar-refractivity contribution in [3.63, 3.8) is 0 Å². The van der Waals surface area contributed by atoms with Crippen LogP contribution < -0.4 is 4.74 Å². The topological polar surface area (TPSA) is 84.6 Å². The molecule has 6 heteroatoms. The molecule has 0 amide bonds. The van der Waals surface area contributed by atoms with Crippen molar-refractivity contribution in [2.24, 2.45) is 0 Å². The number of rotatable bonds is 2. The standard InChI is InChI=1S/C18H12N2O4/c21-14-6-5-13-16(22)15(24-18(13)17(14)23)9-11-1-3-12(4-2-11)20-8-7-19-10-20/h1-10,21,23H/b15-9+. The third-order valence-corrected chi connectivity index (χ3v) is 3.78. The number of carbonyl (C=O) groups is 1. The van der Waals surface area contributed by atoms with Crippen molar-refractivity contribution in [3.8, 4) is 22.9 Å². The zero-order valence-corrected chi connectivity index (χ0v) is 12.4. The molecule has 0 spiro atoms. The number of aromatic nitrogens is 2. The highest BCUT2D eigenvalue weighted by Gasteiger charge is 2.31. The minimum atomic E-state index is -0.431. The number of hydrogen-bond acceptors (Lipinski definition) is 5. The first kappa shape index (κ1) is 14.1. The number of aromatic hydroxyl groups is 2. The minimum absolute atomic E-state index is 0.0127. The lowest BCUT2D eigenvalue weighted by Crippen LogP contribution is -1.98. The van der Waals surface area contributed by atoms with E-state index in [1.54, 1.807) is 18.6 Å². The summed E-state index contributed by atoms with van der Waals surface area (Å²) in [6, 6.07) is 10.2. The first-order valence-electron chi connectivity index (χ1n) is 7.21. The number of phenols is 2. The highest BCUT2D eigenvalue weighted by atomic mass is 16.5. The van der Waals surface area contributed by atoms with Crippen LogP contribution >= 0.6 is 0 Å². The van der Waals surface area contributed by atoms with Crippen molar-refractivity contribution in [3.05, 3.63) is 72.0 Å². The van der Waals surface area contributed by atoms with Gasteiger partial charge >= 0.3 is 0 Å². The highest BCUT2D eigenvalue weighted by molar-refractivity contribution is 6.15. The van der Waals surface area contributed by atoms with Gasteiger partial charge in [-0.25, -0.2) is 4.98 Å². The van der Waals surface area contributed by atoms with Gasteiger partial charge in [0.1, 0.15) is 0 Å². The largest absolute Gasteiger partial charge is 0.504 e. The number of ether oxygens (including phenoxy) is 1. The van der Waals surface area contributed by atoms with Crippen molar-refractivity contribution in [1.29, 1.82) is 0 Å². The molecule has 2 N–H and O–H groups in total. The molecule has 6 nitrogen and oxygen atoms in total. The van der Waals surface area contributed by atoms with Gasteiger partial charge in [0.25, 0.3) is 0 Å². The number of carbonyl (C=O) groups excluding carboxylic acids is 1. The fraction of sp³-hybridized carbons (Fsp3) is 0. The molecule has 0 fully saturated rings. The van der Waals surface area contributed by atoms with Gasteiger partial charge in [0, 0.05) is 18.1 Å². The van der Waals surface area contributed by atoms with Gasteiger partial charge in [-0.15, -0.1) is 0 Å². The third kappa shape index (κ3) is 2.21. The molecule has 0 atom stereocenters. The Morgan fingerprint density at radius 2 is 1.88 bits per heavy atom. The van der Waals surface area contributed by atoms with Crippen LogP contribution in [-0.2, 0) is 0 Å². The maximum Gasteiger partial charge on any atom is 0.232 e. The Bertz CT molecular complexity index is 957. The van der Waals surface area contributed by atoms with E-state index >= 15 is 0 Å². The summed E-state index contributed by atoms with van der Waals surface area (Å²) < 4.78 is 7.29. The summed E-state index contributed by atoms with van der Waals surface area (Å²) in [7, 11) is 0. The number of ketones is 1. The van der Waals surface area contributed by atoms with Crippen molar-refractivity contribution < 1.29 is 19.7 Å². The van der Waals surface area contributed by atoms with Crippen LogP contribution in [0.25, 0.3) is 11.8 Å². The number of hydrogen-bond donors (Lipinski definition) is 2. The Morgan fingerprint density at radius 1 is 1.08 bits per heavy atom. The van der Waals surface area contributed by atoms with Crippen molar-refractivity contribution in [2.45, 2.75) is 0 Å². The van der Waals surface area contributed by atoms with Crippen LogP contribution in [0.4, 0.5) is 0 Å². The average Bonchev–Trinajstić information content (AvgIpc) is 3.22. The third-order valence-electron chi connectivity index (χ3n) is 3.78. The van der Waals surface area contributed by atoms with E-state index in [1.807, 2.05) is 35.0 Å². The van der Waals surface area contributed by atoms with E-state index in [4.69, 9.17) is 4.74 Å². The molecular weight excluding hydrogens is 308 g/mol. The van der Waals surface area contributed by atoms with Gasteiger partial charge in [-0.05, 0) is 35.9 Å². The average molecular weight is 320 g/mol. The number of phenolic OH excluding ortho intramolecular Hbond substituents is 2. The van der Waals surface area contributed by atoms with Crippen molar-refractivity contribution in [1.82, 2.24) is 9.55 Å². The molecule has 2 heterocycles. The van der Waals surface area contributed by atoms with Crippen LogP contribution in [0.2, 0.25) is 0 Å². The fourth-order valence-electron chi connectivity index (χ4n) is 2.53. The predicted octanol–water partition coefficient (Wildman–Crippen LogP) is 2.90. The Balaban J connectivity index is 1.65. The monoisotopic (exact) mass is 320 g/mol. The van der Waals surface area contributed by atoms with Crippen LogP contribution in [0.3, 0.4) is 0 Å². The maximum absolute atomic E-state index is 12.3. The Morgan fingerprint density at radius 3 is 2.58 bits per heavy atom. The molecule has 0 aliphatic carbocycles. The molecule has 1 aliphatic rings. The van der Waals surface area contributed by atoms with E-state index in [1.165, 1.54) is 12.1 Å². The van der Waals surface area contributed by atoms with E-state index in [2.05, 4.69) is 4.98 Å². The van der Waals surface area contributed by atoms with E-state index in [0.29, 0.717) is 0 Å². The maximum atomic E-state index is 12.3. The predicted molar refractivity (Wildman–Crippen MR) is 86.3 cm³/mol. The number of fused-ring (bicyclic) bond motifs is 1. The smallest absolute Gasteiger partial charge is 0.232 e. The van der Waals surface area contributed by atoms with Gasteiger partial charge in [-0.3, -0.25) is 4.79 Å². The summed E-state index contributed by atoms with van der Waals surface area (Å²) in [4.78, 5) is 16.3. The van der Waals surface area contributed by atoms with E-state index in [9.17, 15) is 15.0 Å². The quantitative estimate of drug-likeness (QED) is 0.560. The normalized spacial score (nSPS) is 14.7. The lowest BCUT2D eigenvalue weighted by molar-refractivity contribution is 0.101. The van der Waals surface area contributed by atoms with E-state index in [0.717, 1.165) is 11.3 Å². The molecule has 0 saturated carbocycles. The number of imidazole rings is 1. The first-order chi connectivity index (χ1) is 11.6. The SMILES string of the molecule is O=C1/C(=C\c2ccc(-n3ccnc3)cc2)Oc2c1ccc(O)c2O. The molecule has 0 unspecified atom stereocenters. The van der Waals surface area contributed by atoms with Gasteiger partial charge in [0.2, 0.25) is 11.5 Å². The molecule has 3 aromatic rings. The van der Waals surface area contributed by atoms with Crippen LogP contribution in [0.1, 0.15) is 15.9 Å². The molecule has 0 bridgehead atoms. The molecule has 24 heavy (non-hydrogen) atoms. The molecular formula is C18H12N2O4. The molecule has 4 rings (SSSR count). The molecule has 0 saturated heterocycles. The highest BCUT2D eigenvalue weighted by Crippen LogP contribution is 2.44. The van der Waals surface area contributed by atoms with Gasteiger partial charge in [0.15, 0.2) is 17.3 Å². The Labute approximate surface area is 136 Å². The molecule has 0 radical (unpaired) electrons. The number of Topliss-reactive ketones (excluding diaryl/α,β-unsaturated/α-hetero) is 1. The van der Waals surface area contributed by atoms with Crippen LogP contribution in [-0.4, -0.2) is 25.5 Å². The zero-order valence-electron chi connectivity index (χ0n) is 12.4.